The molecule has 0 aliphatic rings. The van der Waals surface area contributed by atoms with Crippen LogP contribution in [0, 0.1) is 0 Å². The van der Waals surface area contributed by atoms with Crippen molar-refractivity contribution >= 4 is 40.2 Å². The Hall–Kier alpha value is -2.24. The molecular formula is C17H15Cl2N3O2. The third kappa shape index (κ3) is 2.92. The number of carbonyl (C=O) groups excluding carboxylic acids is 1. The summed E-state index contributed by atoms with van der Waals surface area (Å²) in [6.45, 7) is 2.49. The second kappa shape index (κ2) is 6.71. The quantitative estimate of drug-likeness (QED) is 0.730. The molecule has 24 heavy (non-hydrogen) atoms. The van der Waals surface area contributed by atoms with Gasteiger partial charge in [-0.1, -0.05) is 41.4 Å². The number of rotatable bonds is 3. The van der Waals surface area contributed by atoms with Crippen LogP contribution in [-0.2, 0) is 6.54 Å². The Morgan fingerprint density at radius 3 is 2.71 bits per heavy atom. The summed E-state index contributed by atoms with van der Waals surface area (Å²) in [5.41, 5.74) is 2.38. The molecule has 0 saturated heterocycles. The highest BCUT2D eigenvalue weighted by molar-refractivity contribution is 6.36. The van der Waals surface area contributed by atoms with Gasteiger partial charge in [0.05, 0.1) is 5.39 Å². The lowest BCUT2D eigenvalue weighted by Gasteiger charge is -2.06. The highest BCUT2D eigenvalue weighted by Crippen LogP contribution is 2.37. The van der Waals surface area contributed by atoms with Crippen LogP contribution in [0.4, 0.5) is 4.79 Å². The van der Waals surface area contributed by atoms with Gasteiger partial charge in [-0.2, -0.15) is 5.10 Å². The third-order valence-corrected chi connectivity index (χ3v) is 4.18. The maximum atomic E-state index is 11.6. The van der Waals surface area contributed by atoms with Crippen LogP contribution in [0.2, 0.25) is 10.0 Å². The average Bonchev–Trinajstić information content (AvgIpc) is 2.93. The molecule has 0 saturated carbocycles. The molecule has 1 amide bonds. The summed E-state index contributed by atoms with van der Waals surface area (Å²) in [4.78, 5) is 11.6. The highest BCUT2D eigenvalue weighted by atomic mass is 35.5. The van der Waals surface area contributed by atoms with Crippen molar-refractivity contribution in [3.05, 3.63) is 46.4 Å². The molecule has 0 spiro atoms. The summed E-state index contributed by atoms with van der Waals surface area (Å²) in [6, 6.07) is 11.0. The number of halogens is 2. The fraction of sp³-hybridized carbons (Fsp3) is 0.176. The topological polar surface area (TPSA) is 56.2 Å². The van der Waals surface area contributed by atoms with Gasteiger partial charge in [0.15, 0.2) is 0 Å². The molecule has 2 aromatic carbocycles. The second-order valence-corrected chi connectivity index (χ2v) is 5.93. The molecule has 0 atom stereocenters. The summed E-state index contributed by atoms with van der Waals surface area (Å²) in [6.07, 6.45) is -0.540. The van der Waals surface area contributed by atoms with E-state index >= 15 is 0 Å². The molecule has 3 rings (SSSR count). The van der Waals surface area contributed by atoms with Crippen molar-refractivity contribution in [3.63, 3.8) is 0 Å². The molecule has 0 fully saturated rings. The number of nitrogens with one attached hydrogen (secondary N) is 1. The van der Waals surface area contributed by atoms with Gasteiger partial charge in [-0.25, -0.2) is 9.48 Å². The van der Waals surface area contributed by atoms with Gasteiger partial charge in [-0.05, 0) is 25.1 Å². The number of carbonyl (C=O) groups is 1. The zero-order valence-electron chi connectivity index (χ0n) is 13.1. The van der Waals surface area contributed by atoms with Crippen molar-refractivity contribution in [1.82, 2.24) is 15.1 Å². The minimum atomic E-state index is -0.540. The molecule has 0 aliphatic heterocycles. The zero-order valence-corrected chi connectivity index (χ0v) is 14.6. The molecule has 1 heterocycles. The van der Waals surface area contributed by atoms with Crippen LogP contribution in [-0.4, -0.2) is 22.9 Å². The summed E-state index contributed by atoms with van der Waals surface area (Å²) in [5, 5.41) is 8.87. The molecule has 1 N–H and O–H groups in total. The number of ether oxygens (including phenoxy) is 1. The van der Waals surface area contributed by atoms with Crippen molar-refractivity contribution < 1.29 is 9.53 Å². The number of aryl methyl sites for hydroxylation is 1. The van der Waals surface area contributed by atoms with Crippen molar-refractivity contribution in [2.24, 2.45) is 0 Å². The maximum absolute atomic E-state index is 11.6. The normalized spacial score (nSPS) is 10.8. The Morgan fingerprint density at radius 2 is 2.04 bits per heavy atom. The highest BCUT2D eigenvalue weighted by Gasteiger charge is 2.18. The average molecular weight is 364 g/mol. The molecule has 0 radical (unpaired) electrons. The molecule has 1 aromatic heterocycles. The number of nitrogens with zero attached hydrogens (tertiary/aromatic N) is 2. The van der Waals surface area contributed by atoms with E-state index in [0.29, 0.717) is 28.0 Å². The van der Waals surface area contributed by atoms with E-state index in [1.54, 1.807) is 16.8 Å². The first-order valence-corrected chi connectivity index (χ1v) is 8.15. The van der Waals surface area contributed by atoms with Gasteiger partial charge in [0.2, 0.25) is 5.88 Å². The summed E-state index contributed by atoms with van der Waals surface area (Å²) in [7, 11) is 1.51. The van der Waals surface area contributed by atoms with Gasteiger partial charge < -0.3 is 10.1 Å². The number of fused-ring (bicyclic) bond motifs is 1. The van der Waals surface area contributed by atoms with Crippen LogP contribution in [0.1, 0.15) is 6.92 Å². The molecule has 0 bridgehead atoms. The first-order valence-electron chi connectivity index (χ1n) is 7.39. The number of aromatic nitrogens is 2. The number of amides is 1. The smallest absolute Gasteiger partial charge is 0.391 e. The zero-order chi connectivity index (χ0) is 17.3. The van der Waals surface area contributed by atoms with Crippen LogP contribution in [0.3, 0.4) is 0 Å². The summed E-state index contributed by atoms with van der Waals surface area (Å²) < 4.78 is 7.02. The van der Waals surface area contributed by atoms with Gasteiger partial charge in [0, 0.05) is 34.8 Å². The first-order chi connectivity index (χ1) is 11.5. The number of hydrogen-bond donors (Lipinski definition) is 1. The minimum Gasteiger partial charge on any atom is -0.391 e. The number of hydrogen-bond acceptors (Lipinski definition) is 3. The molecular weight excluding hydrogens is 349 g/mol. The lowest BCUT2D eigenvalue weighted by molar-refractivity contribution is 0.198. The Kier molecular flexibility index (Phi) is 4.64. The van der Waals surface area contributed by atoms with E-state index in [2.05, 4.69) is 10.4 Å². The van der Waals surface area contributed by atoms with E-state index in [0.717, 1.165) is 16.5 Å². The summed E-state index contributed by atoms with van der Waals surface area (Å²) >= 11 is 12.3. The molecule has 0 aliphatic carbocycles. The Balaban J connectivity index is 2.22. The fourth-order valence-electron chi connectivity index (χ4n) is 2.52. The van der Waals surface area contributed by atoms with E-state index in [4.69, 9.17) is 27.9 Å². The van der Waals surface area contributed by atoms with Crippen LogP contribution in [0.25, 0.3) is 22.0 Å². The second-order valence-electron chi connectivity index (χ2n) is 5.09. The predicted molar refractivity (Wildman–Crippen MR) is 95.9 cm³/mol. The Labute approximate surface area is 149 Å². The van der Waals surface area contributed by atoms with Crippen molar-refractivity contribution in [3.8, 4) is 17.0 Å². The van der Waals surface area contributed by atoms with Gasteiger partial charge in [0.1, 0.15) is 5.52 Å². The van der Waals surface area contributed by atoms with Crippen LogP contribution in [0.15, 0.2) is 36.4 Å². The third-order valence-electron chi connectivity index (χ3n) is 3.64. The minimum absolute atomic E-state index is 0.402. The van der Waals surface area contributed by atoms with Gasteiger partial charge in [-0.15, -0.1) is 0 Å². The van der Waals surface area contributed by atoms with Crippen LogP contribution >= 0.6 is 23.2 Å². The van der Waals surface area contributed by atoms with Crippen LogP contribution in [0.5, 0.6) is 5.88 Å². The van der Waals surface area contributed by atoms with Crippen molar-refractivity contribution in [1.29, 1.82) is 0 Å². The SMILES string of the molecule is CCn1nc2c(-c3ccc(Cl)cc3Cl)cccc2c1OC(=O)NC. The molecule has 5 nitrogen and oxygen atoms in total. The van der Waals surface area contributed by atoms with Gasteiger partial charge in [-0.3, -0.25) is 0 Å². The van der Waals surface area contributed by atoms with E-state index in [9.17, 15) is 4.79 Å². The lowest BCUT2D eigenvalue weighted by Crippen LogP contribution is -2.23. The van der Waals surface area contributed by atoms with E-state index in [1.165, 1.54) is 7.05 Å². The monoisotopic (exact) mass is 363 g/mol. The number of benzene rings is 2. The van der Waals surface area contributed by atoms with E-state index in [-0.39, 0.29) is 0 Å². The van der Waals surface area contributed by atoms with Crippen LogP contribution < -0.4 is 10.1 Å². The van der Waals surface area contributed by atoms with Crippen molar-refractivity contribution in [2.45, 2.75) is 13.5 Å². The predicted octanol–water partition coefficient (Wildman–Crippen LogP) is 4.75. The Morgan fingerprint density at radius 1 is 1.25 bits per heavy atom. The van der Waals surface area contributed by atoms with Gasteiger partial charge in [0.25, 0.3) is 0 Å². The standard InChI is InChI=1S/C17H15Cl2N3O2/c1-3-22-16(24-17(23)20-2)13-6-4-5-12(15(13)21-22)11-8-7-10(18)9-14(11)19/h4-9H,3H2,1-2H3,(H,20,23). The molecule has 7 heteroatoms. The molecule has 0 unspecified atom stereocenters. The fourth-order valence-corrected chi connectivity index (χ4v) is 3.03. The molecule has 124 valence electrons. The van der Waals surface area contributed by atoms with E-state index in [1.807, 2.05) is 31.2 Å². The van der Waals surface area contributed by atoms with Crippen molar-refractivity contribution in [2.75, 3.05) is 7.05 Å². The first kappa shape index (κ1) is 16.6. The Bertz CT molecular complexity index is 922. The van der Waals surface area contributed by atoms with Gasteiger partial charge >= 0.3 is 6.09 Å². The largest absolute Gasteiger partial charge is 0.413 e. The lowest BCUT2D eigenvalue weighted by atomic mass is 10.0. The summed E-state index contributed by atoms with van der Waals surface area (Å²) in [5.74, 6) is 0.402. The molecule has 3 aromatic rings. The van der Waals surface area contributed by atoms with E-state index < -0.39 is 6.09 Å². The maximum Gasteiger partial charge on any atom is 0.413 e.